The van der Waals surface area contributed by atoms with E-state index in [-0.39, 0.29) is 11.8 Å². The smallest absolute Gasteiger partial charge is 0.255 e. The fourth-order valence-electron chi connectivity index (χ4n) is 4.83. The molecule has 0 radical (unpaired) electrons. The molecule has 1 unspecified atom stereocenters. The number of nitrogen functional groups attached to an aromatic ring is 1. The summed E-state index contributed by atoms with van der Waals surface area (Å²) in [6.45, 7) is 7.94. The molecule has 9 heteroatoms. The predicted octanol–water partition coefficient (Wildman–Crippen LogP) is 5.02. The molecule has 1 fully saturated rings. The monoisotopic (exact) mass is 513 g/mol. The van der Waals surface area contributed by atoms with Crippen LogP contribution in [0, 0.1) is 0 Å². The number of aromatic nitrogens is 4. The Balaban J connectivity index is 1.39. The van der Waals surface area contributed by atoms with E-state index >= 15 is 0 Å². The number of carbonyl (C=O) groups is 1. The molecule has 1 aliphatic heterocycles. The maximum absolute atomic E-state index is 12.7. The number of hydrogen-bond donors (Lipinski definition) is 3. The molecule has 0 aliphatic carbocycles. The predicted molar refractivity (Wildman–Crippen MR) is 150 cm³/mol. The van der Waals surface area contributed by atoms with Crippen LogP contribution in [-0.4, -0.2) is 44.7 Å². The van der Waals surface area contributed by atoms with Gasteiger partial charge in [-0.2, -0.15) is 15.1 Å². The lowest BCUT2D eigenvalue weighted by molar-refractivity contribution is 0.0903. The van der Waals surface area contributed by atoms with Gasteiger partial charge in [0.1, 0.15) is 5.82 Å². The van der Waals surface area contributed by atoms with E-state index in [1.165, 1.54) is 0 Å². The summed E-state index contributed by atoms with van der Waals surface area (Å²) in [4.78, 5) is 22.5. The first-order valence-corrected chi connectivity index (χ1v) is 13.2. The van der Waals surface area contributed by atoms with Crippen LogP contribution in [0.25, 0.3) is 5.65 Å². The largest absolute Gasteiger partial charge is 0.399 e. The summed E-state index contributed by atoms with van der Waals surface area (Å²) < 4.78 is 7.39. The SMILES string of the molecule is CC(C)c1cnn2c(C(C)Cc3cccc(NC(=O)c4cccc(N)c4)c3)nc(NC3CCOCC3)nc12. The van der Waals surface area contributed by atoms with Crippen molar-refractivity contribution in [3.05, 3.63) is 77.2 Å². The summed E-state index contributed by atoms with van der Waals surface area (Å²) in [5.74, 6) is 1.64. The molecule has 1 aliphatic rings. The molecule has 1 saturated heterocycles. The van der Waals surface area contributed by atoms with Crippen molar-refractivity contribution < 1.29 is 9.53 Å². The highest BCUT2D eigenvalue weighted by molar-refractivity contribution is 6.04. The van der Waals surface area contributed by atoms with Gasteiger partial charge in [0.2, 0.25) is 5.95 Å². The third kappa shape index (κ3) is 5.78. The van der Waals surface area contributed by atoms with Gasteiger partial charge >= 0.3 is 0 Å². The van der Waals surface area contributed by atoms with Crippen LogP contribution in [0.5, 0.6) is 0 Å². The van der Waals surface area contributed by atoms with Crippen LogP contribution in [0.1, 0.15) is 72.8 Å². The van der Waals surface area contributed by atoms with Crippen LogP contribution in [-0.2, 0) is 11.2 Å². The highest BCUT2D eigenvalue weighted by Crippen LogP contribution is 2.27. The third-order valence-corrected chi connectivity index (χ3v) is 6.91. The molecule has 4 N–H and O–H groups in total. The Hall–Kier alpha value is -3.98. The van der Waals surface area contributed by atoms with E-state index in [0.29, 0.717) is 29.2 Å². The highest BCUT2D eigenvalue weighted by atomic mass is 16.5. The van der Waals surface area contributed by atoms with Gasteiger partial charge in [0.05, 0.1) is 6.20 Å². The Kier molecular flexibility index (Phi) is 7.55. The molecule has 198 valence electrons. The number of benzene rings is 2. The maximum Gasteiger partial charge on any atom is 0.255 e. The van der Waals surface area contributed by atoms with Crippen LogP contribution in [0.4, 0.5) is 17.3 Å². The summed E-state index contributed by atoms with van der Waals surface area (Å²) in [5.41, 5.74) is 10.7. The zero-order chi connectivity index (χ0) is 26.6. The lowest BCUT2D eigenvalue weighted by Gasteiger charge is -2.24. The molecule has 1 amide bonds. The van der Waals surface area contributed by atoms with Crippen molar-refractivity contribution in [1.82, 2.24) is 19.6 Å². The maximum atomic E-state index is 12.7. The number of ether oxygens (including phenoxy) is 1. The molecule has 1 atom stereocenters. The van der Waals surface area contributed by atoms with Crippen LogP contribution >= 0.6 is 0 Å². The molecular weight excluding hydrogens is 478 g/mol. The minimum Gasteiger partial charge on any atom is -0.399 e. The Morgan fingerprint density at radius 3 is 2.66 bits per heavy atom. The Morgan fingerprint density at radius 1 is 1.11 bits per heavy atom. The van der Waals surface area contributed by atoms with Gasteiger partial charge in [-0.1, -0.05) is 39.0 Å². The Labute approximate surface area is 222 Å². The molecule has 2 aromatic heterocycles. The van der Waals surface area contributed by atoms with E-state index in [0.717, 1.165) is 60.8 Å². The van der Waals surface area contributed by atoms with E-state index in [9.17, 15) is 4.79 Å². The lowest BCUT2D eigenvalue weighted by Crippen LogP contribution is -2.29. The second-order valence-corrected chi connectivity index (χ2v) is 10.3. The van der Waals surface area contributed by atoms with Crippen LogP contribution in [0.2, 0.25) is 0 Å². The molecule has 38 heavy (non-hydrogen) atoms. The van der Waals surface area contributed by atoms with Gasteiger partial charge in [-0.25, -0.2) is 4.52 Å². The van der Waals surface area contributed by atoms with Crippen molar-refractivity contribution in [3.63, 3.8) is 0 Å². The fraction of sp³-hybridized carbons (Fsp3) is 0.379. The van der Waals surface area contributed by atoms with Crippen molar-refractivity contribution >= 4 is 28.9 Å². The zero-order valence-electron chi connectivity index (χ0n) is 22.1. The molecule has 3 heterocycles. The summed E-state index contributed by atoms with van der Waals surface area (Å²) in [6, 6.07) is 15.2. The van der Waals surface area contributed by atoms with Gasteiger partial charge in [0.25, 0.3) is 5.91 Å². The normalized spacial score (nSPS) is 15.1. The minimum absolute atomic E-state index is 0.0514. The van der Waals surface area contributed by atoms with Crippen molar-refractivity contribution in [3.8, 4) is 0 Å². The minimum atomic E-state index is -0.193. The second-order valence-electron chi connectivity index (χ2n) is 10.3. The molecule has 9 nitrogen and oxygen atoms in total. The number of fused-ring (bicyclic) bond motifs is 1. The van der Waals surface area contributed by atoms with Crippen molar-refractivity contribution in [2.24, 2.45) is 0 Å². The van der Waals surface area contributed by atoms with Gasteiger partial charge in [-0.3, -0.25) is 4.79 Å². The van der Waals surface area contributed by atoms with Gasteiger partial charge in [0.15, 0.2) is 5.65 Å². The molecule has 0 bridgehead atoms. The summed E-state index contributed by atoms with van der Waals surface area (Å²) in [7, 11) is 0. The van der Waals surface area contributed by atoms with Crippen LogP contribution in [0.3, 0.4) is 0 Å². The van der Waals surface area contributed by atoms with Gasteiger partial charge in [-0.05, 0) is 61.1 Å². The Bertz CT molecular complexity index is 1430. The average molecular weight is 514 g/mol. The third-order valence-electron chi connectivity index (χ3n) is 6.91. The number of nitrogens with one attached hydrogen (secondary N) is 2. The van der Waals surface area contributed by atoms with Gasteiger partial charge in [0, 0.05) is 47.7 Å². The topological polar surface area (TPSA) is 119 Å². The first-order chi connectivity index (χ1) is 18.4. The first-order valence-electron chi connectivity index (χ1n) is 13.2. The van der Waals surface area contributed by atoms with E-state index in [4.69, 9.17) is 20.4 Å². The average Bonchev–Trinajstić information content (AvgIpc) is 3.33. The van der Waals surface area contributed by atoms with Crippen molar-refractivity contribution in [2.45, 2.75) is 57.9 Å². The molecule has 0 spiro atoms. The number of rotatable bonds is 8. The number of nitrogens with zero attached hydrogens (tertiary/aromatic N) is 4. The molecular formula is C29H35N7O2. The highest BCUT2D eigenvalue weighted by Gasteiger charge is 2.22. The number of amides is 1. The molecule has 0 saturated carbocycles. The number of anilines is 3. The molecule has 4 aromatic rings. The second kappa shape index (κ2) is 11.2. The van der Waals surface area contributed by atoms with Gasteiger partial charge < -0.3 is 21.1 Å². The van der Waals surface area contributed by atoms with Crippen molar-refractivity contribution in [2.75, 3.05) is 29.6 Å². The zero-order valence-corrected chi connectivity index (χ0v) is 22.1. The standard InChI is InChI=1S/C29H35N7O2/c1-18(2)25-17-31-36-26(34-29(35-27(25)36)33-23-10-12-38-13-11-23)19(3)14-20-6-4-9-24(15-20)32-28(37)21-7-5-8-22(30)16-21/h4-9,15-19,23H,10-14,30H2,1-3H3,(H,32,37)(H,33,35). The number of carbonyl (C=O) groups excluding carboxylic acids is 1. The van der Waals surface area contributed by atoms with E-state index in [1.54, 1.807) is 24.3 Å². The number of nitrogens with two attached hydrogens (primary N) is 1. The van der Waals surface area contributed by atoms with Crippen molar-refractivity contribution in [1.29, 1.82) is 0 Å². The van der Waals surface area contributed by atoms with E-state index in [2.05, 4.69) is 42.6 Å². The first kappa shape index (κ1) is 25.7. The summed E-state index contributed by atoms with van der Waals surface area (Å²) >= 11 is 0. The molecule has 5 rings (SSSR count). The Morgan fingerprint density at radius 2 is 1.89 bits per heavy atom. The summed E-state index contributed by atoms with van der Waals surface area (Å²) in [5, 5.41) is 11.2. The van der Waals surface area contributed by atoms with Crippen LogP contribution in [0.15, 0.2) is 54.7 Å². The van der Waals surface area contributed by atoms with Gasteiger partial charge in [-0.15, -0.1) is 0 Å². The van der Waals surface area contributed by atoms with Crippen LogP contribution < -0.4 is 16.4 Å². The quantitative estimate of drug-likeness (QED) is 0.283. The van der Waals surface area contributed by atoms with E-state index in [1.807, 2.05) is 28.9 Å². The molecule has 2 aromatic carbocycles. The fourth-order valence-corrected chi connectivity index (χ4v) is 4.83. The van der Waals surface area contributed by atoms with E-state index < -0.39 is 0 Å². The summed E-state index contributed by atoms with van der Waals surface area (Å²) in [6.07, 6.45) is 4.49. The number of hydrogen-bond acceptors (Lipinski definition) is 7. The lowest BCUT2D eigenvalue weighted by atomic mass is 9.99.